The van der Waals surface area contributed by atoms with E-state index in [1.807, 2.05) is 0 Å². The summed E-state index contributed by atoms with van der Waals surface area (Å²) in [6, 6.07) is 0. The van der Waals surface area contributed by atoms with Crippen LogP contribution in [-0.4, -0.2) is 6.47 Å². The van der Waals surface area contributed by atoms with E-state index in [0.29, 0.717) is 0 Å². The van der Waals surface area contributed by atoms with Crippen molar-refractivity contribution in [3.05, 3.63) is 11.8 Å². The third-order valence-corrected chi connectivity index (χ3v) is 0.265. The Kier molecular flexibility index (Phi) is 2.50. The van der Waals surface area contributed by atoms with E-state index >= 15 is 0 Å². The molecule has 0 heterocycles. The number of halogens is 1. The van der Waals surface area contributed by atoms with Crippen LogP contribution in [-0.2, 0) is 9.53 Å². The minimum absolute atomic E-state index is 0.106. The van der Waals surface area contributed by atoms with Crippen molar-refractivity contribution in [1.29, 1.82) is 0 Å². The van der Waals surface area contributed by atoms with Crippen molar-refractivity contribution in [2.24, 2.45) is 0 Å². The second-order valence-corrected chi connectivity index (χ2v) is 0.991. The standard InChI is InChI=1S/C3H3ClO2/c1-3(4)6-2-5/h2H,1H2. The first-order chi connectivity index (χ1) is 2.77. The minimum Gasteiger partial charge on any atom is -0.417 e. The monoisotopic (exact) mass is 106 g/mol. The Morgan fingerprint density at radius 2 is 2.50 bits per heavy atom. The van der Waals surface area contributed by atoms with Crippen molar-refractivity contribution in [2.75, 3.05) is 0 Å². The fourth-order valence-electron chi connectivity index (χ4n) is 0.0522. The third-order valence-electron chi connectivity index (χ3n) is 0.176. The zero-order valence-corrected chi connectivity index (χ0v) is 3.73. The molecule has 0 amide bonds. The van der Waals surface area contributed by atoms with Gasteiger partial charge in [0.25, 0.3) is 6.47 Å². The van der Waals surface area contributed by atoms with Crippen molar-refractivity contribution in [3.63, 3.8) is 0 Å². The molecule has 0 bridgehead atoms. The summed E-state index contributed by atoms with van der Waals surface area (Å²) in [5.74, 6) is 0. The summed E-state index contributed by atoms with van der Waals surface area (Å²) in [4.78, 5) is 9.25. The van der Waals surface area contributed by atoms with Crippen LogP contribution in [0.3, 0.4) is 0 Å². The molecule has 34 valence electrons. The molecular weight excluding hydrogens is 103 g/mol. The normalized spacial score (nSPS) is 6.83. The van der Waals surface area contributed by atoms with Crippen LogP contribution in [0.15, 0.2) is 11.8 Å². The summed E-state index contributed by atoms with van der Waals surface area (Å²) >= 11 is 4.93. The highest BCUT2D eigenvalue weighted by Gasteiger charge is 1.76. The fraction of sp³-hybridized carbons (Fsp3) is 0. The Bertz CT molecular complexity index is 69.2. The molecule has 3 heteroatoms. The smallest absolute Gasteiger partial charge is 0.299 e. The topological polar surface area (TPSA) is 26.3 Å². The first-order valence-corrected chi connectivity index (χ1v) is 1.60. The third kappa shape index (κ3) is 3.50. The Hall–Kier alpha value is -0.500. The van der Waals surface area contributed by atoms with Crippen LogP contribution in [0.4, 0.5) is 0 Å². The summed E-state index contributed by atoms with van der Waals surface area (Å²) in [6.45, 7) is 3.27. The Labute approximate surface area is 40.4 Å². The molecule has 6 heavy (non-hydrogen) atoms. The Morgan fingerprint density at radius 3 is 2.50 bits per heavy atom. The van der Waals surface area contributed by atoms with Crippen molar-refractivity contribution >= 4 is 18.1 Å². The average molecular weight is 107 g/mol. The molecule has 0 unspecified atom stereocenters. The van der Waals surface area contributed by atoms with E-state index in [-0.39, 0.29) is 11.7 Å². The van der Waals surface area contributed by atoms with E-state index in [0.717, 1.165) is 0 Å². The van der Waals surface area contributed by atoms with Crippen LogP contribution in [0.1, 0.15) is 0 Å². The number of carbonyl (C=O) groups is 1. The van der Waals surface area contributed by atoms with E-state index in [1.165, 1.54) is 0 Å². The summed E-state index contributed by atoms with van der Waals surface area (Å²) in [6.07, 6.45) is 0. The molecule has 0 aliphatic rings. The molecule has 0 saturated heterocycles. The van der Waals surface area contributed by atoms with Gasteiger partial charge >= 0.3 is 0 Å². The quantitative estimate of drug-likeness (QED) is 0.386. The highest BCUT2D eigenvalue weighted by molar-refractivity contribution is 6.28. The predicted molar refractivity (Wildman–Crippen MR) is 22.1 cm³/mol. The lowest BCUT2D eigenvalue weighted by molar-refractivity contribution is -0.124. The second kappa shape index (κ2) is 2.72. The highest BCUT2D eigenvalue weighted by Crippen LogP contribution is 1.93. The van der Waals surface area contributed by atoms with E-state index < -0.39 is 0 Å². The SMILES string of the molecule is C=C(Cl)OC=O. The van der Waals surface area contributed by atoms with Crippen LogP contribution in [0.2, 0.25) is 0 Å². The van der Waals surface area contributed by atoms with Crippen LogP contribution >= 0.6 is 11.6 Å². The molecule has 0 rings (SSSR count). The Morgan fingerprint density at radius 1 is 2.00 bits per heavy atom. The molecule has 0 radical (unpaired) electrons. The molecular formula is C3H3ClO2. The molecule has 0 fully saturated rings. The summed E-state index contributed by atoms with van der Waals surface area (Å²) in [5.41, 5.74) is 0. The number of ether oxygens (including phenoxy) is 1. The first-order valence-electron chi connectivity index (χ1n) is 1.22. The molecule has 2 nitrogen and oxygen atoms in total. The largest absolute Gasteiger partial charge is 0.417 e. The van der Waals surface area contributed by atoms with E-state index in [2.05, 4.69) is 11.3 Å². The Balaban J connectivity index is 3.05. The lowest BCUT2D eigenvalue weighted by atomic mass is 11.1. The summed E-state index contributed by atoms with van der Waals surface area (Å²) < 4.78 is 3.93. The maximum Gasteiger partial charge on any atom is 0.299 e. The van der Waals surface area contributed by atoms with Gasteiger partial charge in [0, 0.05) is 0 Å². The number of hydrogen-bond acceptors (Lipinski definition) is 2. The minimum atomic E-state index is -0.106. The fourth-order valence-corrected chi connectivity index (χ4v) is 0.0886. The zero-order chi connectivity index (χ0) is 4.99. The molecule has 0 saturated carbocycles. The van der Waals surface area contributed by atoms with Crippen LogP contribution < -0.4 is 0 Å². The lowest BCUT2D eigenvalue weighted by Gasteiger charge is -1.82. The van der Waals surface area contributed by atoms with Gasteiger partial charge in [0.1, 0.15) is 0 Å². The van der Waals surface area contributed by atoms with Gasteiger partial charge in [-0.3, -0.25) is 4.79 Å². The van der Waals surface area contributed by atoms with Gasteiger partial charge in [-0.15, -0.1) is 0 Å². The lowest BCUT2D eigenvalue weighted by Crippen LogP contribution is -1.75. The van der Waals surface area contributed by atoms with Crippen LogP contribution in [0.25, 0.3) is 0 Å². The zero-order valence-electron chi connectivity index (χ0n) is 2.98. The first kappa shape index (κ1) is 5.50. The summed E-state index contributed by atoms with van der Waals surface area (Å²) in [7, 11) is 0. The molecule has 0 atom stereocenters. The van der Waals surface area contributed by atoms with Crippen molar-refractivity contribution in [1.82, 2.24) is 0 Å². The van der Waals surface area contributed by atoms with Crippen LogP contribution in [0, 0.1) is 0 Å². The number of hydrogen-bond donors (Lipinski definition) is 0. The molecule has 0 aliphatic heterocycles. The van der Waals surface area contributed by atoms with Gasteiger partial charge in [0.2, 0.25) is 0 Å². The van der Waals surface area contributed by atoms with Crippen molar-refractivity contribution in [2.45, 2.75) is 0 Å². The molecule has 0 aliphatic carbocycles. The maximum absolute atomic E-state index is 9.25. The van der Waals surface area contributed by atoms with Crippen molar-refractivity contribution in [3.8, 4) is 0 Å². The second-order valence-electron chi connectivity index (χ2n) is 0.569. The molecule has 0 spiro atoms. The molecule has 0 aromatic carbocycles. The van der Waals surface area contributed by atoms with Gasteiger partial charge in [-0.2, -0.15) is 0 Å². The van der Waals surface area contributed by atoms with Gasteiger partial charge in [0.15, 0.2) is 5.22 Å². The number of carbonyl (C=O) groups excluding carboxylic acids is 1. The van der Waals surface area contributed by atoms with E-state index in [4.69, 9.17) is 11.6 Å². The van der Waals surface area contributed by atoms with Gasteiger partial charge in [-0.05, 0) is 18.2 Å². The van der Waals surface area contributed by atoms with Gasteiger partial charge in [-0.25, -0.2) is 0 Å². The van der Waals surface area contributed by atoms with Crippen molar-refractivity contribution < 1.29 is 9.53 Å². The molecule has 0 N–H and O–H groups in total. The number of rotatable bonds is 2. The summed E-state index contributed by atoms with van der Waals surface area (Å²) in [5, 5.41) is -0.106. The van der Waals surface area contributed by atoms with E-state index in [9.17, 15) is 4.79 Å². The predicted octanol–water partition coefficient (Wildman–Crippen LogP) is 0.869. The maximum atomic E-state index is 9.25. The molecule has 0 aromatic rings. The highest BCUT2D eigenvalue weighted by atomic mass is 35.5. The van der Waals surface area contributed by atoms with Gasteiger partial charge in [-0.1, -0.05) is 0 Å². The van der Waals surface area contributed by atoms with Gasteiger partial charge < -0.3 is 4.74 Å². The molecule has 0 aromatic heterocycles. The van der Waals surface area contributed by atoms with E-state index in [1.54, 1.807) is 0 Å². The van der Waals surface area contributed by atoms with Crippen LogP contribution in [0.5, 0.6) is 0 Å². The van der Waals surface area contributed by atoms with Gasteiger partial charge in [0.05, 0.1) is 0 Å². The average Bonchev–Trinajstić information content (AvgIpc) is 1.35.